The van der Waals surface area contributed by atoms with Gasteiger partial charge >= 0.3 is 6.18 Å². The SMILES string of the molecule is Cc1sc(-c2ccccc2F)nc1C(=O)Nc1cnn(C2CC2)c1N1CCC[C@@H](CC(=O)C(F)(F)F)CC1. The van der Waals surface area contributed by atoms with Crippen molar-refractivity contribution >= 4 is 34.5 Å². The normalized spacial score (nSPS) is 18.3. The van der Waals surface area contributed by atoms with Crippen molar-refractivity contribution in [1.29, 1.82) is 0 Å². The second kappa shape index (κ2) is 10.5. The van der Waals surface area contributed by atoms with Crippen LogP contribution in [0.1, 0.15) is 59.9 Å². The summed E-state index contributed by atoms with van der Waals surface area (Å²) in [7, 11) is 0. The van der Waals surface area contributed by atoms with E-state index in [1.165, 1.54) is 17.4 Å². The molecular formula is C26H27F4N5O2S. The molecule has 1 saturated carbocycles. The number of hydrogen-bond donors (Lipinski definition) is 1. The second-order valence-electron chi connectivity index (χ2n) is 9.82. The van der Waals surface area contributed by atoms with Gasteiger partial charge in [0.1, 0.15) is 22.2 Å². The van der Waals surface area contributed by atoms with Crippen LogP contribution in [0.15, 0.2) is 30.5 Å². The molecule has 7 nitrogen and oxygen atoms in total. The third kappa shape index (κ3) is 5.59. The van der Waals surface area contributed by atoms with Gasteiger partial charge in [0.25, 0.3) is 5.91 Å². The van der Waals surface area contributed by atoms with Crippen LogP contribution in [0.4, 0.5) is 29.1 Å². The number of rotatable bonds is 7. The number of benzene rings is 1. The highest BCUT2D eigenvalue weighted by Crippen LogP contribution is 2.42. The molecule has 38 heavy (non-hydrogen) atoms. The molecule has 5 rings (SSSR count). The number of aromatic nitrogens is 3. The third-order valence-electron chi connectivity index (χ3n) is 6.96. The molecule has 1 N–H and O–H groups in total. The minimum Gasteiger partial charge on any atom is -0.355 e. The smallest absolute Gasteiger partial charge is 0.355 e. The van der Waals surface area contributed by atoms with Crippen molar-refractivity contribution in [1.82, 2.24) is 14.8 Å². The van der Waals surface area contributed by atoms with Gasteiger partial charge in [-0.1, -0.05) is 12.1 Å². The fraction of sp³-hybridized carbons (Fsp3) is 0.462. The van der Waals surface area contributed by atoms with Crippen LogP contribution in [0.25, 0.3) is 10.6 Å². The molecule has 1 atom stereocenters. The molecule has 1 aromatic carbocycles. The predicted molar refractivity (Wildman–Crippen MR) is 136 cm³/mol. The van der Waals surface area contributed by atoms with E-state index in [-0.39, 0.29) is 17.7 Å². The van der Waals surface area contributed by atoms with Gasteiger partial charge in [-0.05, 0) is 57.1 Å². The molecule has 3 aromatic rings. The number of Topliss-reactive ketones (excluding diaryl/α,β-unsaturated/α-hetero) is 1. The summed E-state index contributed by atoms with van der Waals surface area (Å²) >= 11 is 1.23. The molecule has 12 heteroatoms. The number of carbonyl (C=O) groups excluding carboxylic acids is 2. The van der Waals surface area contributed by atoms with E-state index in [9.17, 15) is 27.2 Å². The van der Waals surface area contributed by atoms with Gasteiger partial charge in [-0.15, -0.1) is 11.3 Å². The van der Waals surface area contributed by atoms with Crippen LogP contribution in [0.3, 0.4) is 0 Å². The molecule has 0 unspecified atom stereocenters. The number of ketones is 1. The lowest BCUT2D eigenvalue weighted by Crippen LogP contribution is -2.29. The molecule has 0 radical (unpaired) electrons. The highest BCUT2D eigenvalue weighted by Gasteiger charge is 2.39. The van der Waals surface area contributed by atoms with Crippen LogP contribution in [-0.2, 0) is 4.79 Å². The lowest BCUT2D eigenvalue weighted by atomic mass is 9.94. The van der Waals surface area contributed by atoms with Gasteiger partial charge in [0.15, 0.2) is 5.82 Å². The number of alkyl halides is 3. The molecule has 1 amide bonds. The summed E-state index contributed by atoms with van der Waals surface area (Å²) < 4.78 is 54.5. The topological polar surface area (TPSA) is 80.1 Å². The Morgan fingerprint density at radius 3 is 2.61 bits per heavy atom. The van der Waals surface area contributed by atoms with Crippen LogP contribution in [-0.4, -0.2) is 45.7 Å². The Balaban J connectivity index is 1.35. The van der Waals surface area contributed by atoms with E-state index < -0.39 is 30.1 Å². The van der Waals surface area contributed by atoms with Crippen LogP contribution in [0.2, 0.25) is 0 Å². The van der Waals surface area contributed by atoms with E-state index in [0.29, 0.717) is 59.3 Å². The van der Waals surface area contributed by atoms with Crippen molar-refractivity contribution < 1.29 is 27.2 Å². The maximum Gasteiger partial charge on any atom is 0.449 e. The first-order valence-electron chi connectivity index (χ1n) is 12.6. The number of hydrogen-bond acceptors (Lipinski definition) is 6. The average molecular weight is 550 g/mol. The van der Waals surface area contributed by atoms with Crippen LogP contribution in [0, 0.1) is 18.7 Å². The number of halogens is 4. The van der Waals surface area contributed by atoms with Gasteiger partial charge in [-0.3, -0.25) is 9.59 Å². The van der Waals surface area contributed by atoms with Gasteiger partial charge in [0.2, 0.25) is 5.78 Å². The first-order chi connectivity index (χ1) is 18.1. The molecule has 2 aliphatic rings. The second-order valence-corrected chi connectivity index (χ2v) is 11.0. The zero-order valence-electron chi connectivity index (χ0n) is 20.7. The summed E-state index contributed by atoms with van der Waals surface area (Å²) in [6, 6.07) is 6.45. The molecule has 0 spiro atoms. The quantitative estimate of drug-likeness (QED) is 0.357. The van der Waals surface area contributed by atoms with Gasteiger partial charge in [0, 0.05) is 30.0 Å². The standard InChI is InChI=1S/C26H27F4N5O2S/c1-15-22(33-24(38-15)18-6-2-3-7-19(18)27)23(37)32-20-14-31-35(17-8-9-17)25(20)34-11-4-5-16(10-12-34)13-21(36)26(28,29)30/h2-3,6-7,14,16-17H,4-5,8-13H2,1H3,(H,32,37)/t16-/m1/s1. The van der Waals surface area contributed by atoms with E-state index in [1.54, 1.807) is 31.3 Å². The maximum atomic E-state index is 14.3. The van der Waals surface area contributed by atoms with Crippen LogP contribution in [0.5, 0.6) is 0 Å². The van der Waals surface area contributed by atoms with E-state index in [4.69, 9.17) is 0 Å². The molecule has 0 bridgehead atoms. The summed E-state index contributed by atoms with van der Waals surface area (Å²) in [5, 5.41) is 7.83. The number of aryl methyl sites for hydroxylation is 1. The largest absolute Gasteiger partial charge is 0.449 e. The molecule has 1 aliphatic heterocycles. The maximum absolute atomic E-state index is 14.3. The molecule has 3 heterocycles. The molecular weight excluding hydrogens is 522 g/mol. The summed E-state index contributed by atoms with van der Waals surface area (Å²) in [6.45, 7) is 2.78. The van der Waals surface area contributed by atoms with Crippen molar-refractivity contribution in [3.63, 3.8) is 0 Å². The average Bonchev–Trinajstić information content (AvgIpc) is 3.57. The minimum atomic E-state index is -4.81. The summed E-state index contributed by atoms with van der Waals surface area (Å²) in [6.07, 6.45) is -0.247. The van der Waals surface area contributed by atoms with Crippen molar-refractivity contribution in [3.05, 3.63) is 46.9 Å². The van der Waals surface area contributed by atoms with Crippen LogP contribution >= 0.6 is 11.3 Å². The zero-order valence-corrected chi connectivity index (χ0v) is 21.5. The summed E-state index contributed by atoms with van der Waals surface area (Å²) in [5.74, 6) is -2.18. The molecule has 2 fully saturated rings. The Bertz CT molecular complexity index is 1350. The number of carbonyl (C=O) groups is 2. The van der Waals surface area contributed by atoms with Crippen molar-refractivity contribution in [2.24, 2.45) is 5.92 Å². The monoisotopic (exact) mass is 549 g/mol. The Kier molecular flexibility index (Phi) is 7.26. The van der Waals surface area contributed by atoms with Crippen molar-refractivity contribution in [2.45, 2.75) is 57.7 Å². The summed E-state index contributed by atoms with van der Waals surface area (Å²) in [4.78, 5) is 31.9. The Morgan fingerprint density at radius 1 is 1.13 bits per heavy atom. The van der Waals surface area contributed by atoms with E-state index in [1.807, 2.05) is 9.58 Å². The number of nitrogens with zero attached hydrogens (tertiary/aromatic N) is 4. The Hall–Kier alpha value is -3.28. The van der Waals surface area contributed by atoms with E-state index in [0.717, 1.165) is 12.8 Å². The highest BCUT2D eigenvalue weighted by atomic mass is 32.1. The van der Waals surface area contributed by atoms with E-state index >= 15 is 0 Å². The van der Waals surface area contributed by atoms with Crippen molar-refractivity contribution in [3.8, 4) is 10.6 Å². The lowest BCUT2D eigenvalue weighted by Gasteiger charge is -2.25. The number of anilines is 2. The van der Waals surface area contributed by atoms with Gasteiger partial charge < -0.3 is 10.2 Å². The molecule has 1 aliphatic carbocycles. The third-order valence-corrected chi connectivity index (χ3v) is 7.97. The van der Waals surface area contributed by atoms with Gasteiger partial charge in [-0.2, -0.15) is 18.3 Å². The number of nitrogens with one attached hydrogen (secondary N) is 1. The molecule has 1 saturated heterocycles. The number of thiazole rings is 1. The fourth-order valence-corrected chi connectivity index (χ4v) is 5.78. The minimum absolute atomic E-state index is 0.194. The fourth-order valence-electron chi connectivity index (χ4n) is 4.84. The summed E-state index contributed by atoms with van der Waals surface area (Å²) in [5.41, 5.74) is 1.01. The van der Waals surface area contributed by atoms with Gasteiger partial charge in [0.05, 0.1) is 12.2 Å². The number of amides is 1. The molecule has 202 valence electrons. The Labute approximate surface area is 220 Å². The van der Waals surface area contributed by atoms with E-state index in [2.05, 4.69) is 15.4 Å². The van der Waals surface area contributed by atoms with Crippen molar-refractivity contribution in [2.75, 3.05) is 23.3 Å². The zero-order chi connectivity index (χ0) is 27.0. The first kappa shape index (κ1) is 26.3. The van der Waals surface area contributed by atoms with Gasteiger partial charge in [-0.25, -0.2) is 14.1 Å². The highest BCUT2D eigenvalue weighted by molar-refractivity contribution is 7.15. The lowest BCUT2D eigenvalue weighted by molar-refractivity contribution is -0.172. The first-order valence-corrected chi connectivity index (χ1v) is 13.4. The predicted octanol–water partition coefficient (Wildman–Crippen LogP) is 6.17. The van der Waals surface area contributed by atoms with Crippen LogP contribution < -0.4 is 10.2 Å². The molecule has 2 aromatic heterocycles. The Morgan fingerprint density at radius 2 is 1.89 bits per heavy atom.